The first-order valence-corrected chi connectivity index (χ1v) is 6.43. The number of aliphatic carboxylic acids is 1. The lowest BCUT2D eigenvalue weighted by molar-refractivity contribution is -0.136. The van der Waals surface area contributed by atoms with Gasteiger partial charge in [-0.25, -0.2) is 0 Å². The molecule has 2 rings (SSSR count). The summed E-state index contributed by atoms with van der Waals surface area (Å²) >= 11 is 6.16. The van der Waals surface area contributed by atoms with Crippen molar-refractivity contribution in [3.8, 4) is 0 Å². The lowest BCUT2D eigenvalue weighted by atomic mass is 9.76. The van der Waals surface area contributed by atoms with Crippen molar-refractivity contribution in [2.75, 3.05) is 13.1 Å². The third kappa shape index (κ3) is 2.87. The maximum Gasteiger partial charge on any atom is 0.317 e. The third-order valence-corrected chi connectivity index (χ3v) is 4.13. The number of carboxylic acid groups (broad SMARTS) is 1. The molecule has 1 saturated carbocycles. The van der Waals surface area contributed by atoms with Crippen molar-refractivity contribution in [1.29, 1.82) is 0 Å². The molecule has 1 heterocycles. The summed E-state index contributed by atoms with van der Waals surface area (Å²) in [6.07, 6.45) is 4.18. The van der Waals surface area contributed by atoms with Crippen LogP contribution in [0.2, 0.25) is 0 Å². The van der Waals surface area contributed by atoms with Crippen LogP contribution in [0.15, 0.2) is 0 Å². The van der Waals surface area contributed by atoms with Crippen molar-refractivity contribution < 1.29 is 9.90 Å². The first kappa shape index (κ1) is 12.1. The van der Waals surface area contributed by atoms with Gasteiger partial charge >= 0.3 is 5.97 Å². The average molecular weight is 247 g/mol. The lowest BCUT2D eigenvalue weighted by Crippen LogP contribution is -2.56. The van der Waals surface area contributed by atoms with Crippen LogP contribution in [0.25, 0.3) is 0 Å². The van der Waals surface area contributed by atoms with Crippen molar-refractivity contribution in [2.45, 2.75) is 43.1 Å². The number of rotatable bonds is 3. The van der Waals surface area contributed by atoms with Gasteiger partial charge in [0.15, 0.2) is 0 Å². The highest BCUT2D eigenvalue weighted by molar-refractivity contribution is 6.20. The van der Waals surface area contributed by atoms with Crippen molar-refractivity contribution in [3.63, 3.8) is 0 Å². The van der Waals surface area contributed by atoms with Gasteiger partial charge in [-0.1, -0.05) is 0 Å². The minimum absolute atomic E-state index is 0.0676. The van der Waals surface area contributed by atoms with Gasteiger partial charge in [0.2, 0.25) is 0 Å². The molecule has 4 nitrogen and oxygen atoms in total. The summed E-state index contributed by atoms with van der Waals surface area (Å²) in [6, 6.07) is 0.808. The number of carboxylic acids is 1. The summed E-state index contributed by atoms with van der Waals surface area (Å²) in [6.45, 7) is 1.03. The van der Waals surface area contributed by atoms with Gasteiger partial charge in [-0.15, -0.1) is 11.6 Å². The Hall–Kier alpha value is -0.320. The van der Waals surface area contributed by atoms with Crippen LogP contribution in [-0.4, -0.2) is 41.6 Å². The highest BCUT2D eigenvalue weighted by Gasteiger charge is 2.37. The fraction of sp³-hybridized carbons (Fsp3) is 0.909. The number of piperidine rings is 1. The molecule has 0 spiro atoms. The number of halogens is 1. The summed E-state index contributed by atoms with van der Waals surface area (Å²) in [4.78, 5) is 10.6. The molecule has 1 saturated heterocycles. The molecule has 92 valence electrons. The van der Waals surface area contributed by atoms with E-state index in [0.717, 1.165) is 32.2 Å². The predicted molar refractivity (Wildman–Crippen MR) is 62.8 cm³/mol. The zero-order valence-corrected chi connectivity index (χ0v) is 10.0. The SMILES string of the molecule is O=C(O)CNC1CCNC2CC(Cl)CCC12. The molecule has 4 atom stereocenters. The maximum absolute atomic E-state index is 10.6. The predicted octanol–water partition coefficient (Wildman–Crippen LogP) is 0.799. The molecule has 0 bridgehead atoms. The third-order valence-electron chi connectivity index (χ3n) is 3.73. The minimum Gasteiger partial charge on any atom is -0.480 e. The minimum atomic E-state index is -0.777. The molecule has 1 aliphatic carbocycles. The molecule has 0 radical (unpaired) electrons. The summed E-state index contributed by atoms with van der Waals surface area (Å²) < 4.78 is 0. The maximum atomic E-state index is 10.6. The molecule has 2 fully saturated rings. The Morgan fingerprint density at radius 2 is 2.25 bits per heavy atom. The van der Waals surface area contributed by atoms with Gasteiger partial charge in [-0.05, 0) is 38.1 Å². The number of alkyl halides is 1. The van der Waals surface area contributed by atoms with Crippen LogP contribution in [0.4, 0.5) is 0 Å². The molecule has 0 aromatic heterocycles. The van der Waals surface area contributed by atoms with Crippen LogP contribution < -0.4 is 10.6 Å². The van der Waals surface area contributed by atoms with E-state index in [1.54, 1.807) is 0 Å². The molecule has 3 N–H and O–H groups in total. The number of carbonyl (C=O) groups is 1. The highest BCUT2D eigenvalue weighted by atomic mass is 35.5. The number of nitrogens with one attached hydrogen (secondary N) is 2. The molecule has 16 heavy (non-hydrogen) atoms. The largest absolute Gasteiger partial charge is 0.480 e. The summed E-state index contributed by atoms with van der Waals surface area (Å²) in [7, 11) is 0. The van der Waals surface area contributed by atoms with E-state index >= 15 is 0 Å². The van der Waals surface area contributed by atoms with Gasteiger partial charge < -0.3 is 15.7 Å². The van der Waals surface area contributed by atoms with Crippen LogP contribution in [0.3, 0.4) is 0 Å². The van der Waals surface area contributed by atoms with E-state index in [0.29, 0.717) is 18.0 Å². The first-order valence-electron chi connectivity index (χ1n) is 5.99. The fourth-order valence-electron chi connectivity index (χ4n) is 2.97. The van der Waals surface area contributed by atoms with E-state index < -0.39 is 5.97 Å². The topological polar surface area (TPSA) is 61.4 Å². The Kier molecular flexibility index (Phi) is 4.05. The Bertz CT molecular complexity index is 262. The molecule has 0 amide bonds. The second kappa shape index (κ2) is 5.34. The van der Waals surface area contributed by atoms with E-state index in [1.165, 1.54) is 0 Å². The summed E-state index contributed by atoms with van der Waals surface area (Å²) in [5, 5.41) is 15.6. The van der Waals surface area contributed by atoms with Gasteiger partial charge in [0.05, 0.1) is 6.54 Å². The van der Waals surface area contributed by atoms with E-state index in [4.69, 9.17) is 16.7 Å². The Morgan fingerprint density at radius 3 is 3.00 bits per heavy atom. The molecule has 2 aliphatic rings. The summed E-state index contributed by atoms with van der Waals surface area (Å²) in [5.74, 6) is -0.232. The molecule has 0 aromatic rings. The Morgan fingerprint density at radius 1 is 1.44 bits per heavy atom. The second-order valence-electron chi connectivity index (χ2n) is 4.80. The molecular weight excluding hydrogens is 228 g/mol. The standard InChI is InChI=1S/C11H19ClN2O2/c12-7-1-2-8-9(14-6-11(15)16)3-4-13-10(8)5-7/h7-10,13-14H,1-6H2,(H,15,16). The normalized spacial score (nSPS) is 39.1. The van der Waals surface area contributed by atoms with Gasteiger partial charge in [0, 0.05) is 17.5 Å². The van der Waals surface area contributed by atoms with E-state index in [-0.39, 0.29) is 11.9 Å². The van der Waals surface area contributed by atoms with E-state index in [9.17, 15) is 4.79 Å². The van der Waals surface area contributed by atoms with Crippen LogP contribution >= 0.6 is 11.6 Å². The molecule has 0 aromatic carbocycles. The van der Waals surface area contributed by atoms with Gasteiger partial charge in [-0.3, -0.25) is 4.79 Å². The smallest absolute Gasteiger partial charge is 0.317 e. The van der Waals surface area contributed by atoms with Crippen molar-refractivity contribution in [3.05, 3.63) is 0 Å². The van der Waals surface area contributed by atoms with Gasteiger partial charge in [-0.2, -0.15) is 0 Å². The molecule has 5 heteroatoms. The van der Waals surface area contributed by atoms with Crippen LogP contribution in [-0.2, 0) is 4.79 Å². The Labute approximate surface area is 101 Å². The van der Waals surface area contributed by atoms with Crippen LogP contribution in [0.1, 0.15) is 25.7 Å². The van der Waals surface area contributed by atoms with E-state index in [1.807, 2.05) is 0 Å². The number of hydrogen-bond acceptors (Lipinski definition) is 3. The molecule has 4 unspecified atom stereocenters. The van der Waals surface area contributed by atoms with Crippen LogP contribution in [0, 0.1) is 5.92 Å². The van der Waals surface area contributed by atoms with Gasteiger partial charge in [0.25, 0.3) is 0 Å². The summed E-state index contributed by atoms with van der Waals surface area (Å²) in [5.41, 5.74) is 0. The van der Waals surface area contributed by atoms with E-state index in [2.05, 4.69) is 10.6 Å². The Balaban J connectivity index is 1.90. The van der Waals surface area contributed by atoms with Crippen molar-refractivity contribution in [2.24, 2.45) is 5.92 Å². The lowest BCUT2D eigenvalue weighted by Gasteiger charge is -2.43. The first-order chi connectivity index (χ1) is 7.66. The van der Waals surface area contributed by atoms with Crippen LogP contribution in [0.5, 0.6) is 0 Å². The monoisotopic (exact) mass is 246 g/mol. The molecule has 1 aliphatic heterocycles. The number of hydrogen-bond donors (Lipinski definition) is 3. The quantitative estimate of drug-likeness (QED) is 0.645. The van der Waals surface area contributed by atoms with Gasteiger partial charge in [0.1, 0.15) is 0 Å². The highest BCUT2D eigenvalue weighted by Crippen LogP contribution is 2.33. The molecular formula is C11H19ClN2O2. The second-order valence-corrected chi connectivity index (χ2v) is 5.42. The fourth-order valence-corrected chi connectivity index (χ4v) is 3.29. The average Bonchev–Trinajstić information content (AvgIpc) is 2.25. The zero-order chi connectivity index (χ0) is 11.5. The van der Waals surface area contributed by atoms with Crippen molar-refractivity contribution in [1.82, 2.24) is 10.6 Å². The zero-order valence-electron chi connectivity index (χ0n) is 9.29. The number of fused-ring (bicyclic) bond motifs is 1. The van der Waals surface area contributed by atoms with Crippen molar-refractivity contribution >= 4 is 17.6 Å².